The van der Waals surface area contributed by atoms with Crippen molar-refractivity contribution in [2.75, 3.05) is 0 Å². The lowest BCUT2D eigenvalue weighted by atomic mass is 9.96. The van der Waals surface area contributed by atoms with E-state index in [-0.39, 0.29) is 17.7 Å². The monoisotopic (exact) mass is 168 g/mol. The van der Waals surface area contributed by atoms with Crippen LogP contribution in [0.2, 0.25) is 6.32 Å². The summed E-state index contributed by atoms with van der Waals surface area (Å²) in [5.74, 6) is -1.77. The highest BCUT2D eigenvalue weighted by Gasteiger charge is 2.09. The van der Waals surface area contributed by atoms with Gasteiger partial charge in [0.15, 0.2) is 5.78 Å². The molecule has 0 aliphatic rings. The molecule has 4 heteroatoms. The molecule has 0 fully saturated rings. The van der Waals surface area contributed by atoms with Crippen LogP contribution in [0.3, 0.4) is 0 Å². The molecule has 0 atom stereocenters. The van der Waals surface area contributed by atoms with Gasteiger partial charge in [-0.1, -0.05) is 0 Å². The SMILES string of the molecule is BCC(=O)c1ccc(F)cc1F. The lowest BCUT2D eigenvalue weighted by Gasteiger charge is -1.98. The standard InChI is InChI=1S/C8H7BF2O/c9-4-8(12)6-2-1-5(10)3-7(6)11/h1-3H,4,9H2. The highest BCUT2D eigenvalue weighted by atomic mass is 19.1. The van der Waals surface area contributed by atoms with Crippen LogP contribution in [0.5, 0.6) is 0 Å². The molecule has 0 bridgehead atoms. The Morgan fingerprint density at radius 1 is 1.42 bits per heavy atom. The molecule has 0 aliphatic heterocycles. The predicted molar refractivity (Wildman–Crippen MR) is 44.0 cm³/mol. The molecule has 0 saturated carbocycles. The van der Waals surface area contributed by atoms with Crippen molar-refractivity contribution in [1.82, 2.24) is 0 Å². The molecule has 0 amide bonds. The molecule has 0 radical (unpaired) electrons. The summed E-state index contributed by atoms with van der Waals surface area (Å²) in [6, 6.07) is 2.95. The number of hydrogen-bond donors (Lipinski definition) is 0. The van der Waals surface area contributed by atoms with E-state index in [1.807, 2.05) is 0 Å². The summed E-state index contributed by atoms with van der Waals surface area (Å²) in [6.45, 7) is 0. The lowest BCUT2D eigenvalue weighted by Crippen LogP contribution is -2.01. The van der Waals surface area contributed by atoms with Crippen LogP contribution in [-0.4, -0.2) is 13.6 Å². The number of halogens is 2. The van der Waals surface area contributed by atoms with Gasteiger partial charge in [-0.15, -0.1) is 0 Å². The average molecular weight is 168 g/mol. The van der Waals surface area contributed by atoms with Gasteiger partial charge in [0.2, 0.25) is 0 Å². The summed E-state index contributed by atoms with van der Waals surface area (Å²) in [7, 11) is 1.63. The topological polar surface area (TPSA) is 17.1 Å². The van der Waals surface area contributed by atoms with Crippen LogP contribution >= 0.6 is 0 Å². The largest absolute Gasteiger partial charge is 0.295 e. The van der Waals surface area contributed by atoms with E-state index >= 15 is 0 Å². The van der Waals surface area contributed by atoms with Gasteiger partial charge >= 0.3 is 0 Å². The van der Waals surface area contributed by atoms with Gasteiger partial charge < -0.3 is 0 Å². The maximum absolute atomic E-state index is 12.8. The first kappa shape index (κ1) is 8.91. The van der Waals surface area contributed by atoms with E-state index in [1.165, 1.54) is 0 Å². The fourth-order valence-corrected chi connectivity index (χ4v) is 0.906. The summed E-state index contributed by atoms with van der Waals surface area (Å²) in [6.07, 6.45) is 0.225. The second kappa shape index (κ2) is 3.47. The Balaban J connectivity index is 3.09. The quantitative estimate of drug-likeness (QED) is 0.478. The summed E-state index contributed by atoms with van der Waals surface area (Å²) in [5.41, 5.74) is -0.0427. The highest BCUT2D eigenvalue weighted by molar-refractivity contribution is 6.24. The molecular formula is C8H7BF2O. The number of hydrogen-bond acceptors (Lipinski definition) is 1. The zero-order chi connectivity index (χ0) is 9.14. The van der Waals surface area contributed by atoms with Crippen LogP contribution in [0, 0.1) is 11.6 Å². The minimum Gasteiger partial charge on any atom is -0.295 e. The van der Waals surface area contributed by atoms with Crippen LogP contribution in [0.15, 0.2) is 18.2 Å². The second-order valence-corrected chi connectivity index (χ2v) is 2.40. The summed E-state index contributed by atoms with van der Waals surface area (Å²) < 4.78 is 25.2. The van der Waals surface area contributed by atoms with Crippen molar-refractivity contribution in [3.8, 4) is 0 Å². The Kier molecular flexibility index (Phi) is 2.58. The average Bonchev–Trinajstić information content (AvgIpc) is 2.03. The Hall–Kier alpha value is -1.19. The molecule has 0 unspecified atom stereocenters. The second-order valence-electron chi connectivity index (χ2n) is 2.40. The maximum Gasteiger partial charge on any atom is 0.158 e. The first-order valence-electron chi connectivity index (χ1n) is 3.63. The van der Waals surface area contributed by atoms with E-state index in [0.29, 0.717) is 6.07 Å². The van der Waals surface area contributed by atoms with Gasteiger partial charge in [0.25, 0.3) is 0 Å². The first-order valence-corrected chi connectivity index (χ1v) is 3.63. The van der Waals surface area contributed by atoms with Crippen molar-refractivity contribution >= 4 is 13.6 Å². The van der Waals surface area contributed by atoms with Gasteiger partial charge in [-0.2, -0.15) is 0 Å². The van der Waals surface area contributed by atoms with Crippen LogP contribution < -0.4 is 0 Å². The number of ketones is 1. The Bertz CT molecular complexity index is 312. The maximum atomic E-state index is 12.8. The fourth-order valence-electron chi connectivity index (χ4n) is 0.906. The number of rotatable bonds is 2. The smallest absolute Gasteiger partial charge is 0.158 e. The van der Waals surface area contributed by atoms with E-state index in [4.69, 9.17) is 0 Å². The number of benzene rings is 1. The molecule has 0 aromatic heterocycles. The molecule has 0 heterocycles. The molecule has 0 saturated heterocycles. The normalized spacial score (nSPS) is 9.83. The molecule has 1 nitrogen and oxygen atoms in total. The Morgan fingerprint density at radius 3 is 2.58 bits per heavy atom. The molecule has 0 N–H and O–H groups in total. The molecular weight excluding hydrogens is 161 g/mol. The zero-order valence-electron chi connectivity index (χ0n) is 6.60. The number of Topliss-reactive ketones (excluding diaryl/α,β-unsaturated/α-hetero) is 1. The van der Waals surface area contributed by atoms with E-state index in [2.05, 4.69) is 0 Å². The van der Waals surface area contributed by atoms with E-state index in [9.17, 15) is 13.6 Å². The van der Waals surface area contributed by atoms with E-state index in [1.54, 1.807) is 7.85 Å². The predicted octanol–water partition coefficient (Wildman–Crippen LogP) is 1.20. The van der Waals surface area contributed by atoms with Crippen LogP contribution in [0.25, 0.3) is 0 Å². The van der Waals surface area contributed by atoms with Crippen molar-refractivity contribution < 1.29 is 13.6 Å². The minimum atomic E-state index is -0.790. The summed E-state index contributed by atoms with van der Waals surface area (Å²) in [4.78, 5) is 11.0. The van der Waals surface area contributed by atoms with Crippen LogP contribution in [0.4, 0.5) is 8.78 Å². The minimum absolute atomic E-state index is 0.0427. The van der Waals surface area contributed by atoms with Gasteiger partial charge in [-0.05, 0) is 18.5 Å². The molecule has 1 aromatic rings. The van der Waals surface area contributed by atoms with Gasteiger partial charge in [0.1, 0.15) is 19.5 Å². The van der Waals surface area contributed by atoms with Crippen molar-refractivity contribution in [1.29, 1.82) is 0 Å². The van der Waals surface area contributed by atoms with Crippen molar-refractivity contribution in [3.63, 3.8) is 0 Å². The van der Waals surface area contributed by atoms with Crippen molar-refractivity contribution in [2.45, 2.75) is 6.32 Å². The van der Waals surface area contributed by atoms with Crippen molar-refractivity contribution in [3.05, 3.63) is 35.4 Å². The van der Waals surface area contributed by atoms with Crippen molar-refractivity contribution in [2.24, 2.45) is 0 Å². The summed E-state index contributed by atoms with van der Waals surface area (Å²) >= 11 is 0. The van der Waals surface area contributed by atoms with Gasteiger partial charge in [-0.25, -0.2) is 8.78 Å². The van der Waals surface area contributed by atoms with Gasteiger partial charge in [0.05, 0.1) is 5.56 Å². The Labute approximate surface area is 69.8 Å². The van der Waals surface area contributed by atoms with Crippen LogP contribution in [0.1, 0.15) is 10.4 Å². The van der Waals surface area contributed by atoms with Crippen LogP contribution in [-0.2, 0) is 0 Å². The highest BCUT2D eigenvalue weighted by Crippen LogP contribution is 2.10. The first-order chi connectivity index (χ1) is 5.65. The molecule has 62 valence electrons. The molecule has 0 spiro atoms. The number of carbonyl (C=O) groups excluding carboxylic acids is 1. The molecule has 0 aliphatic carbocycles. The van der Waals surface area contributed by atoms with Gasteiger partial charge in [-0.3, -0.25) is 4.79 Å². The Morgan fingerprint density at radius 2 is 2.08 bits per heavy atom. The molecule has 1 rings (SSSR count). The van der Waals surface area contributed by atoms with E-state index < -0.39 is 11.6 Å². The van der Waals surface area contributed by atoms with E-state index in [0.717, 1.165) is 12.1 Å². The zero-order valence-corrected chi connectivity index (χ0v) is 6.60. The van der Waals surface area contributed by atoms with Gasteiger partial charge in [0, 0.05) is 6.07 Å². The molecule has 1 aromatic carbocycles. The molecule has 12 heavy (non-hydrogen) atoms. The third-order valence-electron chi connectivity index (χ3n) is 1.55. The number of carbonyl (C=O) groups is 1. The third kappa shape index (κ3) is 1.70. The third-order valence-corrected chi connectivity index (χ3v) is 1.55. The fraction of sp³-hybridized carbons (Fsp3) is 0.125. The summed E-state index contributed by atoms with van der Waals surface area (Å²) in [5, 5.41) is 0. The lowest BCUT2D eigenvalue weighted by molar-refractivity contribution is 0.101.